The number of aliphatic hydroxyl groups is 8. The van der Waals surface area contributed by atoms with Crippen LogP contribution in [0.1, 0.15) is 6.42 Å². The van der Waals surface area contributed by atoms with E-state index in [9.17, 15) is 40.9 Å². The van der Waals surface area contributed by atoms with Gasteiger partial charge in [-0.2, -0.15) is 0 Å². The standard InChI is InChI=1S/C17H30O12/c18-2-10-13(22)15(24)14(23)11(29-10)5-26-6-17(16(25)8(20)4-28-17)1-9-12(21)7(19)3-27-9/h7-16,18-25H,1-6H2/t7?,8?,9-,10?,11+,12?,13+,14?,15?,16?,17-/m0/s1. The Labute approximate surface area is 166 Å². The Morgan fingerprint density at radius 2 is 1.48 bits per heavy atom. The van der Waals surface area contributed by atoms with Crippen molar-refractivity contribution < 1.29 is 59.8 Å². The maximum Gasteiger partial charge on any atom is 0.122 e. The molecule has 0 aromatic carbocycles. The van der Waals surface area contributed by atoms with Gasteiger partial charge in [0, 0.05) is 6.42 Å². The van der Waals surface area contributed by atoms with Crippen LogP contribution in [-0.2, 0) is 18.9 Å². The van der Waals surface area contributed by atoms with Crippen LogP contribution in [0.3, 0.4) is 0 Å². The molecule has 0 amide bonds. The second kappa shape index (κ2) is 9.34. The van der Waals surface area contributed by atoms with Crippen LogP contribution in [0.5, 0.6) is 0 Å². The minimum Gasteiger partial charge on any atom is -0.394 e. The van der Waals surface area contributed by atoms with E-state index in [4.69, 9.17) is 18.9 Å². The average molecular weight is 426 g/mol. The Kier molecular flexibility index (Phi) is 7.47. The predicted molar refractivity (Wildman–Crippen MR) is 91.7 cm³/mol. The van der Waals surface area contributed by atoms with Gasteiger partial charge in [0.05, 0.1) is 39.1 Å². The van der Waals surface area contributed by atoms with E-state index in [1.54, 1.807) is 0 Å². The van der Waals surface area contributed by atoms with Crippen molar-refractivity contribution in [3.63, 3.8) is 0 Å². The molecule has 8 N–H and O–H groups in total. The quantitative estimate of drug-likeness (QED) is 0.193. The first kappa shape index (κ1) is 23.2. The molecule has 3 rings (SSSR count). The molecule has 3 saturated heterocycles. The van der Waals surface area contributed by atoms with Crippen LogP contribution in [0.2, 0.25) is 0 Å². The molecule has 12 heteroatoms. The van der Waals surface area contributed by atoms with Crippen molar-refractivity contribution in [2.75, 3.05) is 33.0 Å². The van der Waals surface area contributed by atoms with Gasteiger partial charge in [0.15, 0.2) is 0 Å². The highest BCUT2D eigenvalue weighted by Gasteiger charge is 2.53. The summed E-state index contributed by atoms with van der Waals surface area (Å²) in [5.41, 5.74) is -1.44. The third-order valence-electron chi connectivity index (χ3n) is 5.87. The molecule has 0 aliphatic carbocycles. The molecule has 0 aromatic rings. The SMILES string of the molecule is OCC1O[C@H](COC[C@]2(C[C@@H]3OCC(O)C3O)OCC(O)C2O)C(O)C(O)[C@@H]1O. The Morgan fingerprint density at radius 3 is 2.03 bits per heavy atom. The normalized spacial score (nSPS) is 50.9. The summed E-state index contributed by atoms with van der Waals surface area (Å²) in [4.78, 5) is 0. The Balaban J connectivity index is 1.62. The minimum absolute atomic E-state index is 0.0713. The van der Waals surface area contributed by atoms with E-state index in [2.05, 4.69) is 0 Å². The fraction of sp³-hybridized carbons (Fsp3) is 1.00. The predicted octanol–water partition coefficient (Wildman–Crippen LogP) is -5.15. The number of aliphatic hydroxyl groups excluding tert-OH is 8. The van der Waals surface area contributed by atoms with Crippen molar-refractivity contribution in [3.05, 3.63) is 0 Å². The van der Waals surface area contributed by atoms with Gasteiger partial charge in [0.2, 0.25) is 0 Å². The molecular weight excluding hydrogens is 396 g/mol. The number of rotatable bonds is 7. The highest BCUT2D eigenvalue weighted by molar-refractivity contribution is 5.02. The van der Waals surface area contributed by atoms with Crippen molar-refractivity contribution in [1.82, 2.24) is 0 Å². The van der Waals surface area contributed by atoms with Crippen LogP contribution in [0, 0.1) is 0 Å². The van der Waals surface area contributed by atoms with E-state index < -0.39 is 73.2 Å². The van der Waals surface area contributed by atoms with Gasteiger partial charge in [-0.1, -0.05) is 0 Å². The molecule has 3 aliphatic heterocycles. The summed E-state index contributed by atoms with van der Waals surface area (Å²) < 4.78 is 21.8. The van der Waals surface area contributed by atoms with E-state index in [1.165, 1.54) is 0 Å². The first-order valence-corrected chi connectivity index (χ1v) is 9.56. The minimum atomic E-state index is -1.54. The van der Waals surface area contributed by atoms with Gasteiger partial charge in [0.1, 0.15) is 60.5 Å². The summed E-state index contributed by atoms with van der Waals surface area (Å²) in [6.45, 7) is -1.37. The monoisotopic (exact) mass is 426 g/mol. The van der Waals surface area contributed by atoms with Gasteiger partial charge >= 0.3 is 0 Å². The van der Waals surface area contributed by atoms with Gasteiger partial charge < -0.3 is 59.8 Å². The van der Waals surface area contributed by atoms with Crippen molar-refractivity contribution >= 4 is 0 Å². The summed E-state index contributed by atoms with van der Waals surface area (Å²) in [5.74, 6) is 0. The Hall–Kier alpha value is -0.480. The molecule has 170 valence electrons. The fourth-order valence-electron chi connectivity index (χ4n) is 4.00. The van der Waals surface area contributed by atoms with Crippen molar-refractivity contribution in [2.45, 2.75) is 73.1 Å². The van der Waals surface area contributed by atoms with Gasteiger partial charge in [-0.3, -0.25) is 0 Å². The Morgan fingerprint density at radius 1 is 0.793 bits per heavy atom. The number of ether oxygens (including phenoxy) is 4. The summed E-state index contributed by atoms with van der Waals surface area (Å²) in [7, 11) is 0. The molecule has 11 atom stereocenters. The summed E-state index contributed by atoms with van der Waals surface area (Å²) in [6.07, 6.45) is -12.4. The smallest absolute Gasteiger partial charge is 0.122 e. The second-order valence-corrected chi connectivity index (χ2v) is 7.90. The molecule has 12 nitrogen and oxygen atoms in total. The third-order valence-corrected chi connectivity index (χ3v) is 5.87. The lowest BCUT2D eigenvalue weighted by Crippen LogP contribution is -2.60. The molecule has 0 spiro atoms. The van der Waals surface area contributed by atoms with E-state index in [1.807, 2.05) is 0 Å². The molecule has 29 heavy (non-hydrogen) atoms. The molecule has 0 radical (unpaired) electrons. The van der Waals surface area contributed by atoms with Crippen LogP contribution in [0.15, 0.2) is 0 Å². The maximum atomic E-state index is 10.4. The van der Waals surface area contributed by atoms with Crippen LogP contribution in [0.25, 0.3) is 0 Å². The fourth-order valence-corrected chi connectivity index (χ4v) is 4.00. The van der Waals surface area contributed by atoms with E-state index >= 15 is 0 Å². The van der Waals surface area contributed by atoms with Gasteiger partial charge in [-0.15, -0.1) is 0 Å². The van der Waals surface area contributed by atoms with Crippen molar-refractivity contribution in [2.24, 2.45) is 0 Å². The lowest BCUT2D eigenvalue weighted by atomic mass is 9.88. The van der Waals surface area contributed by atoms with E-state index in [0.717, 1.165) is 0 Å². The first-order valence-electron chi connectivity index (χ1n) is 9.56. The maximum absolute atomic E-state index is 10.4. The van der Waals surface area contributed by atoms with Crippen molar-refractivity contribution in [3.8, 4) is 0 Å². The van der Waals surface area contributed by atoms with Gasteiger partial charge in [0.25, 0.3) is 0 Å². The zero-order valence-corrected chi connectivity index (χ0v) is 15.7. The topological polar surface area (TPSA) is 199 Å². The molecule has 0 aromatic heterocycles. The molecule has 3 aliphatic rings. The largest absolute Gasteiger partial charge is 0.394 e. The molecule has 7 unspecified atom stereocenters. The zero-order chi connectivity index (χ0) is 21.3. The second-order valence-electron chi connectivity index (χ2n) is 7.90. The zero-order valence-electron chi connectivity index (χ0n) is 15.7. The molecule has 0 saturated carbocycles. The molecule has 3 heterocycles. The lowest BCUT2D eigenvalue weighted by molar-refractivity contribution is -0.243. The highest BCUT2D eigenvalue weighted by atomic mass is 16.6. The lowest BCUT2D eigenvalue weighted by Gasteiger charge is -2.40. The number of hydrogen-bond donors (Lipinski definition) is 8. The summed E-state index contributed by atoms with van der Waals surface area (Å²) in [5, 5.41) is 78.9. The first-order chi connectivity index (χ1) is 13.7. The number of hydrogen-bond acceptors (Lipinski definition) is 12. The van der Waals surface area contributed by atoms with Crippen LogP contribution in [-0.4, -0.2) is 141 Å². The van der Waals surface area contributed by atoms with Crippen molar-refractivity contribution in [1.29, 1.82) is 0 Å². The van der Waals surface area contributed by atoms with Crippen LogP contribution >= 0.6 is 0 Å². The van der Waals surface area contributed by atoms with Gasteiger partial charge in [-0.25, -0.2) is 0 Å². The van der Waals surface area contributed by atoms with E-state index in [0.29, 0.717) is 0 Å². The molecular formula is C17H30O12. The third kappa shape index (κ3) is 4.59. The van der Waals surface area contributed by atoms with Crippen LogP contribution in [0.4, 0.5) is 0 Å². The highest BCUT2D eigenvalue weighted by Crippen LogP contribution is 2.35. The Bertz CT molecular complexity index is 535. The molecule has 0 bridgehead atoms. The molecule has 3 fully saturated rings. The summed E-state index contributed by atoms with van der Waals surface area (Å²) >= 11 is 0. The van der Waals surface area contributed by atoms with Crippen LogP contribution < -0.4 is 0 Å². The van der Waals surface area contributed by atoms with E-state index in [-0.39, 0.29) is 32.8 Å². The summed E-state index contributed by atoms with van der Waals surface area (Å²) in [6, 6.07) is 0. The average Bonchev–Trinajstić information content (AvgIpc) is 3.16. The van der Waals surface area contributed by atoms with Gasteiger partial charge in [-0.05, 0) is 0 Å².